The van der Waals surface area contributed by atoms with Crippen molar-refractivity contribution in [3.8, 4) is 0 Å². The van der Waals surface area contributed by atoms with E-state index in [4.69, 9.17) is 0 Å². The summed E-state index contributed by atoms with van der Waals surface area (Å²) in [4.78, 5) is 18.8. The van der Waals surface area contributed by atoms with Crippen molar-refractivity contribution in [3.63, 3.8) is 0 Å². The number of hydrogen-bond donors (Lipinski definition) is 0. The van der Waals surface area contributed by atoms with Crippen LogP contribution in [0.5, 0.6) is 0 Å². The summed E-state index contributed by atoms with van der Waals surface area (Å²) in [6, 6.07) is -1.08. The Hall–Kier alpha value is -0.870. The van der Waals surface area contributed by atoms with E-state index < -0.39 is 12.7 Å². The van der Waals surface area contributed by atoms with Crippen molar-refractivity contribution in [3.05, 3.63) is 9.81 Å². The summed E-state index contributed by atoms with van der Waals surface area (Å²) in [5.74, 6) is 0. The Labute approximate surface area is 45.0 Å². The zero-order valence-electron chi connectivity index (χ0n) is 4.08. The fourth-order valence-electron chi connectivity index (χ4n) is 0.196. The third kappa shape index (κ3) is 2.33. The number of nitroso groups, excluding NO2 is 2. The van der Waals surface area contributed by atoms with Crippen molar-refractivity contribution in [2.45, 2.75) is 6.04 Å². The number of hydrogen-bond acceptors (Lipinski definition) is 4. The zero-order valence-corrected chi connectivity index (χ0v) is 4.08. The van der Waals surface area contributed by atoms with Crippen molar-refractivity contribution in [2.75, 3.05) is 13.2 Å². The van der Waals surface area contributed by atoms with E-state index in [1.807, 2.05) is 0 Å². The van der Waals surface area contributed by atoms with Gasteiger partial charge in [0, 0.05) is 0 Å². The summed E-state index contributed by atoms with van der Waals surface area (Å²) < 4.78 is 11.4. The van der Waals surface area contributed by atoms with Gasteiger partial charge in [0.05, 0.1) is 0 Å². The lowest BCUT2D eigenvalue weighted by Gasteiger charge is -1.91. The van der Waals surface area contributed by atoms with Crippen LogP contribution in [-0.2, 0) is 0 Å². The molecule has 1 atom stereocenters. The molecule has 0 spiro atoms. The molecule has 0 N–H and O–H groups in total. The maximum atomic E-state index is 11.4. The molecule has 0 aromatic heterocycles. The van der Waals surface area contributed by atoms with Gasteiger partial charge in [-0.25, -0.2) is 4.39 Å². The third-order valence-electron chi connectivity index (χ3n) is 0.612. The lowest BCUT2D eigenvalue weighted by Crippen LogP contribution is -2.09. The second kappa shape index (κ2) is 4.29. The molecule has 0 saturated heterocycles. The van der Waals surface area contributed by atoms with Crippen LogP contribution in [0.25, 0.3) is 0 Å². The van der Waals surface area contributed by atoms with E-state index in [1.165, 1.54) is 0 Å². The molecular weight excluding hydrogens is 115 g/mol. The Balaban J connectivity index is 3.35. The number of nitrogens with zero attached hydrogens (tertiary/aromatic N) is 2. The molecule has 0 aromatic rings. The average molecular weight is 120 g/mol. The Morgan fingerprint density at radius 1 is 1.50 bits per heavy atom. The quantitative estimate of drug-likeness (QED) is 0.516. The minimum atomic E-state index is -1.08. The summed E-state index contributed by atoms with van der Waals surface area (Å²) in [5, 5.41) is 4.57. The van der Waals surface area contributed by atoms with Crippen LogP contribution in [0.1, 0.15) is 0 Å². The number of halogens is 1. The molecule has 0 aromatic carbocycles. The van der Waals surface area contributed by atoms with Gasteiger partial charge in [-0.1, -0.05) is 10.4 Å². The molecule has 0 fully saturated rings. The molecule has 0 rings (SSSR count). The van der Waals surface area contributed by atoms with Crippen molar-refractivity contribution in [1.29, 1.82) is 0 Å². The standard InChI is InChI=1S/C3H5FN2O2/c4-1-3(6-8)2-5-7/h3H,1-2H2/t3-/m0/s1. The molecule has 0 radical (unpaired) electrons. The van der Waals surface area contributed by atoms with Crippen molar-refractivity contribution >= 4 is 0 Å². The van der Waals surface area contributed by atoms with Crippen molar-refractivity contribution < 1.29 is 4.39 Å². The first-order chi connectivity index (χ1) is 3.85. The second-order valence-electron chi connectivity index (χ2n) is 1.23. The van der Waals surface area contributed by atoms with Crippen LogP contribution in [0, 0.1) is 9.81 Å². The van der Waals surface area contributed by atoms with E-state index >= 15 is 0 Å². The minimum Gasteiger partial charge on any atom is -0.249 e. The molecule has 0 saturated carbocycles. The van der Waals surface area contributed by atoms with Gasteiger partial charge in [0.2, 0.25) is 0 Å². The van der Waals surface area contributed by atoms with Crippen LogP contribution in [0.15, 0.2) is 10.4 Å². The molecule has 0 amide bonds. The summed E-state index contributed by atoms with van der Waals surface area (Å²) in [6.45, 7) is -1.27. The molecule has 0 bridgehead atoms. The van der Waals surface area contributed by atoms with Crippen LogP contribution in [0.3, 0.4) is 0 Å². The molecule has 0 heterocycles. The average Bonchev–Trinajstić information content (AvgIpc) is 1.83. The van der Waals surface area contributed by atoms with Crippen LogP contribution in [0.4, 0.5) is 4.39 Å². The molecule has 4 nitrogen and oxygen atoms in total. The fraction of sp³-hybridized carbons (Fsp3) is 1.00. The zero-order chi connectivity index (χ0) is 6.41. The largest absolute Gasteiger partial charge is 0.249 e. The van der Waals surface area contributed by atoms with Crippen LogP contribution < -0.4 is 0 Å². The van der Waals surface area contributed by atoms with Gasteiger partial charge >= 0.3 is 0 Å². The van der Waals surface area contributed by atoms with Gasteiger partial charge in [-0.3, -0.25) is 0 Å². The van der Waals surface area contributed by atoms with E-state index in [0.29, 0.717) is 0 Å². The Morgan fingerprint density at radius 2 is 2.12 bits per heavy atom. The second-order valence-corrected chi connectivity index (χ2v) is 1.23. The summed E-state index contributed by atoms with van der Waals surface area (Å²) in [7, 11) is 0. The van der Waals surface area contributed by atoms with E-state index in [0.717, 1.165) is 0 Å². The highest BCUT2D eigenvalue weighted by Gasteiger charge is 2.05. The summed E-state index contributed by atoms with van der Waals surface area (Å²) in [6.07, 6.45) is 0. The Bertz CT molecular complexity index is 87.4. The molecule has 0 aliphatic heterocycles. The fourth-order valence-corrected chi connectivity index (χ4v) is 0.196. The molecule has 0 unspecified atom stereocenters. The minimum absolute atomic E-state index is 0.361. The molecular formula is C3H5FN2O2. The summed E-state index contributed by atoms with van der Waals surface area (Å²) in [5.41, 5.74) is 0. The summed E-state index contributed by atoms with van der Waals surface area (Å²) >= 11 is 0. The predicted molar refractivity (Wildman–Crippen MR) is 26.2 cm³/mol. The van der Waals surface area contributed by atoms with Gasteiger partial charge in [-0.05, 0) is 0 Å². The lowest BCUT2D eigenvalue weighted by atomic mass is 10.4. The van der Waals surface area contributed by atoms with E-state index in [1.54, 1.807) is 0 Å². The van der Waals surface area contributed by atoms with Gasteiger partial charge in [-0.15, -0.1) is 0 Å². The maximum Gasteiger partial charge on any atom is 0.143 e. The molecule has 5 heteroatoms. The number of alkyl halides is 1. The van der Waals surface area contributed by atoms with E-state index in [-0.39, 0.29) is 6.54 Å². The van der Waals surface area contributed by atoms with E-state index in [9.17, 15) is 14.2 Å². The molecule has 0 aliphatic carbocycles. The van der Waals surface area contributed by atoms with Gasteiger partial charge < -0.3 is 0 Å². The highest BCUT2D eigenvalue weighted by Crippen LogP contribution is 1.90. The van der Waals surface area contributed by atoms with Gasteiger partial charge in [0.15, 0.2) is 0 Å². The molecule has 46 valence electrons. The first-order valence-corrected chi connectivity index (χ1v) is 2.02. The predicted octanol–water partition coefficient (Wildman–Crippen LogP) is 0.857. The maximum absolute atomic E-state index is 11.4. The number of rotatable bonds is 4. The first-order valence-electron chi connectivity index (χ1n) is 2.02. The molecule has 8 heavy (non-hydrogen) atoms. The van der Waals surface area contributed by atoms with Crippen LogP contribution in [0.2, 0.25) is 0 Å². The van der Waals surface area contributed by atoms with E-state index in [2.05, 4.69) is 10.4 Å². The highest BCUT2D eigenvalue weighted by atomic mass is 19.1. The van der Waals surface area contributed by atoms with Crippen LogP contribution >= 0.6 is 0 Å². The third-order valence-corrected chi connectivity index (χ3v) is 0.612. The van der Waals surface area contributed by atoms with Gasteiger partial charge in [0.25, 0.3) is 0 Å². The van der Waals surface area contributed by atoms with Gasteiger partial charge in [0.1, 0.15) is 19.3 Å². The smallest absolute Gasteiger partial charge is 0.143 e. The van der Waals surface area contributed by atoms with Crippen LogP contribution in [-0.4, -0.2) is 19.3 Å². The lowest BCUT2D eigenvalue weighted by molar-refractivity contribution is 0.432. The van der Waals surface area contributed by atoms with Crippen molar-refractivity contribution in [2.24, 2.45) is 10.4 Å². The Kier molecular flexibility index (Phi) is 3.83. The SMILES string of the molecule is O=NC[C@H](CF)N=O. The Morgan fingerprint density at radius 3 is 2.25 bits per heavy atom. The monoisotopic (exact) mass is 120 g/mol. The molecule has 0 aliphatic rings. The van der Waals surface area contributed by atoms with Gasteiger partial charge in [-0.2, -0.15) is 9.81 Å². The normalized spacial score (nSPS) is 12.6. The highest BCUT2D eigenvalue weighted by molar-refractivity contribution is 4.65. The van der Waals surface area contributed by atoms with Crippen molar-refractivity contribution in [1.82, 2.24) is 0 Å². The first kappa shape index (κ1) is 7.13. The topological polar surface area (TPSA) is 58.9 Å².